The number of ether oxygens (including phenoxy) is 2. The Balaban J connectivity index is 1.56. The van der Waals surface area contributed by atoms with Gasteiger partial charge in [0.25, 0.3) is 0 Å². The minimum Gasteiger partial charge on any atom is -0.385 e. The number of ketones is 3. The molecule has 49 heavy (non-hydrogen) atoms. The largest absolute Gasteiger partial charge is 0.385 e. The lowest BCUT2D eigenvalue weighted by Crippen LogP contribution is -2.56. The molecule has 2 amide bonds. The normalized spacial score (nSPS) is 24.4. The minimum absolute atomic E-state index is 0.00864. The van der Waals surface area contributed by atoms with Crippen molar-refractivity contribution >= 4 is 29.2 Å². The maximum absolute atomic E-state index is 14.5. The highest BCUT2D eigenvalue weighted by molar-refractivity contribution is 5.98. The lowest BCUT2D eigenvalue weighted by atomic mass is 9.83. The van der Waals surface area contributed by atoms with Crippen molar-refractivity contribution in [1.82, 2.24) is 20.2 Å². The fourth-order valence-electron chi connectivity index (χ4n) is 7.72. The number of hydrogen-bond acceptors (Lipinski definition) is 10. The number of carbonyl (C=O) groups is 5. The Kier molecular flexibility index (Phi) is 14.0. The summed E-state index contributed by atoms with van der Waals surface area (Å²) in [6, 6.07) is -1.71. The molecule has 272 valence electrons. The van der Waals surface area contributed by atoms with Crippen LogP contribution in [0.4, 0.5) is 0 Å². The second kappa shape index (κ2) is 17.7. The van der Waals surface area contributed by atoms with Crippen LogP contribution in [0.3, 0.4) is 0 Å². The molecular weight excluding hydrogens is 628 g/mol. The lowest BCUT2D eigenvalue weighted by Gasteiger charge is -2.34. The summed E-state index contributed by atoms with van der Waals surface area (Å²) in [5.41, 5.74) is 0.174. The summed E-state index contributed by atoms with van der Waals surface area (Å²) < 4.78 is 11.2. The van der Waals surface area contributed by atoms with Crippen LogP contribution in [-0.4, -0.2) is 93.9 Å². The van der Waals surface area contributed by atoms with Crippen molar-refractivity contribution in [3.8, 4) is 0 Å². The monoisotopic (exact) mass is 684 g/mol. The van der Waals surface area contributed by atoms with E-state index in [0.717, 1.165) is 19.3 Å². The van der Waals surface area contributed by atoms with Crippen molar-refractivity contribution in [2.24, 2.45) is 41.4 Å². The van der Waals surface area contributed by atoms with E-state index in [1.807, 2.05) is 34.6 Å². The molecule has 0 radical (unpaired) electrons. The molecule has 1 aromatic rings. The van der Waals surface area contributed by atoms with E-state index in [1.165, 1.54) is 18.6 Å². The first-order valence-corrected chi connectivity index (χ1v) is 18.1. The Labute approximate surface area is 290 Å². The third kappa shape index (κ3) is 9.79. The summed E-state index contributed by atoms with van der Waals surface area (Å²) in [5.74, 6) is -3.15. The Morgan fingerprint density at radius 2 is 1.73 bits per heavy atom. The van der Waals surface area contributed by atoms with E-state index in [2.05, 4.69) is 15.3 Å². The van der Waals surface area contributed by atoms with Crippen LogP contribution < -0.4 is 5.32 Å². The molecule has 1 aliphatic heterocycles. The van der Waals surface area contributed by atoms with Gasteiger partial charge >= 0.3 is 0 Å². The van der Waals surface area contributed by atoms with Gasteiger partial charge in [0.15, 0.2) is 17.3 Å². The fourth-order valence-corrected chi connectivity index (χ4v) is 7.72. The zero-order chi connectivity index (χ0) is 35.8. The van der Waals surface area contributed by atoms with Crippen molar-refractivity contribution in [2.75, 3.05) is 20.4 Å². The molecule has 2 aliphatic carbocycles. The fraction of sp³-hybridized carbons (Fsp3) is 0.757. The first kappa shape index (κ1) is 38.7. The second-order valence-corrected chi connectivity index (χ2v) is 15.0. The van der Waals surface area contributed by atoms with Gasteiger partial charge in [-0.15, -0.1) is 0 Å². The number of fused-ring (bicyclic) bond motifs is 1. The lowest BCUT2D eigenvalue weighted by molar-refractivity contribution is -0.144. The summed E-state index contributed by atoms with van der Waals surface area (Å²) in [4.78, 5) is 78.1. The third-order valence-corrected chi connectivity index (χ3v) is 10.7. The van der Waals surface area contributed by atoms with Gasteiger partial charge in [0.2, 0.25) is 11.8 Å². The van der Waals surface area contributed by atoms with Crippen LogP contribution in [0.2, 0.25) is 0 Å². The van der Waals surface area contributed by atoms with Crippen LogP contribution in [0.15, 0.2) is 18.6 Å². The van der Waals surface area contributed by atoms with E-state index in [1.54, 1.807) is 12.0 Å². The number of methoxy groups -OCH3 is 1. The van der Waals surface area contributed by atoms with Crippen LogP contribution in [0.25, 0.3) is 0 Å². The molecule has 1 saturated heterocycles. The Bertz CT molecular complexity index is 1300. The minimum atomic E-state index is -1.22. The van der Waals surface area contributed by atoms with Gasteiger partial charge < -0.3 is 24.8 Å². The van der Waals surface area contributed by atoms with E-state index >= 15 is 0 Å². The zero-order valence-electron chi connectivity index (χ0n) is 30.0. The number of likely N-dealkylation sites (tertiary alicyclic amines) is 1. The van der Waals surface area contributed by atoms with Crippen molar-refractivity contribution in [2.45, 2.75) is 117 Å². The number of rotatable bonds is 20. The van der Waals surface area contributed by atoms with Gasteiger partial charge in [0.1, 0.15) is 24.6 Å². The molecule has 2 unspecified atom stereocenters. The van der Waals surface area contributed by atoms with Gasteiger partial charge in [-0.25, -0.2) is 4.98 Å². The molecule has 0 bridgehead atoms. The van der Waals surface area contributed by atoms with Crippen LogP contribution in [0.5, 0.6) is 0 Å². The number of nitrogens with one attached hydrogen (secondary N) is 1. The topological polar surface area (TPSA) is 165 Å². The van der Waals surface area contributed by atoms with Gasteiger partial charge in [0.05, 0.1) is 18.3 Å². The molecule has 1 aromatic heterocycles. The van der Waals surface area contributed by atoms with Crippen LogP contribution in [0.1, 0.15) is 103 Å². The number of aromatic nitrogens is 2. The summed E-state index contributed by atoms with van der Waals surface area (Å²) in [7, 11) is 1.55. The Hall–Kier alpha value is -3.09. The molecule has 3 fully saturated rings. The first-order chi connectivity index (χ1) is 23.4. The van der Waals surface area contributed by atoms with Crippen LogP contribution in [-0.2, 0) is 28.7 Å². The van der Waals surface area contributed by atoms with Gasteiger partial charge in [-0.2, -0.15) is 0 Å². The van der Waals surface area contributed by atoms with E-state index in [9.17, 15) is 29.1 Å². The van der Waals surface area contributed by atoms with E-state index in [4.69, 9.17) is 9.47 Å². The number of hydrogen-bond donors (Lipinski definition) is 2. The number of Topliss-reactive ketones (excluding diaryl/α,β-unsaturated/α-hetero) is 3. The molecule has 2 N–H and O–H groups in total. The van der Waals surface area contributed by atoms with E-state index < -0.39 is 35.9 Å². The number of aliphatic hydroxyl groups excluding tert-OH is 1. The van der Waals surface area contributed by atoms with Gasteiger partial charge in [0, 0.05) is 57.1 Å². The molecule has 2 saturated carbocycles. The summed E-state index contributed by atoms with van der Waals surface area (Å²) in [6.45, 7) is 9.75. The van der Waals surface area contributed by atoms with Gasteiger partial charge in [-0.3, -0.25) is 29.0 Å². The van der Waals surface area contributed by atoms with Crippen molar-refractivity contribution in [3.05, 3.63) is 24.3 Å². The average molecular weight is 685 g/mol. The van der Waals surface area contributed by atoms with Gasteiger partial charge in [-0.1, -0.05) is 41.0 Å². The maximum atomic E-state index is 14.5. The molecule has 4 rings (SSSR count). The predicted molar refractivity (Wildman–Crippen MR) is 181 cm³/mol. The number of aliphatic hydroxyl groups is 1. The molecule has 2 heterocycles. The third-order valence-electron chi connectivity index (χ3n) is 10.7. The highest BCUT2D eigenvalue weighted by Crippen LogP contribution is 2.45. The number of nitrogens with zero attached hydrogens (tertiary/aromatic N) is 3. The van der Waals surface area contributed by atoms with Crippen molar-refractivity contribution in [3.63, 3.8) is 0 Å². The van der Waals surface area contributed by atoms with E-state index in [-0.39, 0.29) is 84.9 Å². The number of carbonyl (C=O) groups excluding carboxylic acids is 5. The van der Waals surface area contributed by atoms with Crippen LogP contribution in [0, 0.1) is 41.4 Å². The molecule has 0 spiro atoms. The number of amides is 2. The summed E-state index contributed by atoms with van der Waals surface area (Å²) >= 11 is 0. The van der Waals surface area contributed by atoms with Gasteiger partial charge in [-0.05, 0) is 61.7 Å². The molecule has 0 aromatic carbocycles. The maximum Gasteiger partial charge on any atom is 0.246 e. The summed E-state index contributed by atoms with van der Waals surface area (Å²) in [6.07, 6.45) is 7.72. The molecule has 12 nitrogen and oxygen atoms in total. The standard InChI is InChI=1S/C37H56N4O8/c1-7-8-24(35(45)31(44)15-23-9-10-23)16-30(43)34-25-11-12-32(49-20-48-6)27(25)19-41(34)37(47)33(22(4)5)40-36(46)26(21(2)3)17-29(42)28-18-38-13-14-39-28/h13-14,18,21-27,32-35,45H,7-12,15-17,19-20H2,1-6H3,(H,40,46)/t24?,25-,26+,27-,32+,33-,34-,35?/m0/s1. The highest BCUT2D eigenvalue weighted by Gasteiger charge is 2.54. The molecule has 12 heteroatoms. The average Bonchev–Trinajstić information content (AvgIpc) is 3.68. The summed E-state index contributed by atoms with van der Waals surface area (Å²) in [5, 5.41) is 14.0. The molecular formula is C37H56N4O8. The van der Waals surface area contributed by atoms with Crippen molar-refractivity contribution < 1.29 is 38.6 Å². The Morgan fingerprint density at radius 1 is 1.00 bits per heavy atom. The molecule has 8 atom stereocenters. The smallest absolute Gasteiger partial charge is 0.246 e. The SMILES string of the molecule is CCCC(CC(=O)[C@@H]1[C@H]2CC[C@@H](OCOC)[C@H]2CN1C(=O)[C@@H](NC(=O)[C@H](CC(=O)c1cnccn1)C(C)C)C(C)C)C(O)C(=O)CC1CC1. The quantitative estimate of drug-likeness (QED) is 0.153. The Morgan fingerprint density at radius 3 is 2.33 bits per heavy atom. The second-order valence-electron chi connectivity index (χ2n) is 15.0. The predicted octanol–water partition coefficient (Wildman–Crippen LogP) is 3.79. The van der Waals surface area contributed by atoms with Crippen LogP contribution >= 0.6 is 0 Å². The van der Waals surface area contributed by atoms with Crippen molar-refractivity contribution in [1.29, 1.82) is 0 Å². The first-order valence-electron chi connectivity index (χ1n) is 18.1. The van der Waals surface area contributed by atoms with E-state index in [0.29, 0.717) is 31.6 Å². The molecule has 3 aliphatic rings. The zero-order valence-corrected chi connectivity index (χ0v) is 30.0. The highest BCUT2D eigenvalue weighted by atomic mass is 16.7.